The lowest BCUT2D eigenvalue weighted by atomic mass is 9.96. The molecule has 1 amide bonds. The number of likely N-dealkylation sites (N-methyl/N-ethyl adjacent to an activating group) is 1. The molecule has 2 atom stereocenters. The van der Waals surface area contributed by atoms with E-state index in [0.29, 0.717) is 12.0 Å². The minimum Gasteiger partial charge on any atom is -0.466 e. The van der Waals surface area contributed by atoms with Gasteiger partial charge in [0.2, 0.25) is 0 Å². The molecule has 3 aliphatic rings. The van der Waals surface area contributed by atoms with Gasteiger partial charge in [-0.15, -0.1) is 0 Å². The lowest BCUT2D eigenvalue weighted by molar-refractivity contribution is 0.0741. The summed E-state index contributed by atoms with van der Waals surface area (Å²) in [5.74, 6) is 2.32. The monoisotopic (exact) mass is 262 g/mol. The molecule has 3 aliphatic heterocycles. The first-order chi connectivity index (χ1) is 9.04. The fraction of sp³-hybridized carbons (Fsp3) is 0.667. The molecule has 3 fully saturated rings. The van der Waals surface area contributed by atoms with Gasteiger partial charge in [-0.3, -0.25) is 4.79 Å². The van der Waals surface area contributed by atoms with Gasteiger partial charge in [-0.25, -0.2) is 0 Å². The number of hydrogen-bond acceptors (Lipinski definition) is 3. The fourth-order valence-corrected chi connectivity index (χ4v) is 3.50. The molecule has 1 aromatic heterocycles. The van der Waals surface area contributed by atoms with E-state index in [-0.39, 0.29) is 5.91 Å². The van der Waals surface area contributed by atoms with Crippen molar-refractivity contribution >= 4 is 5.91 Å². The first kappa shape index (κ1) is 12.7. The van der Waals surface area contributed by atoms with Crippen LogP contribution in [0.2, 0.25) is 0 Å². The quantitative estimate of drug-likeness (QED) is 0.777. The number of rotatable bonds is 1. The van der Waals surface area contributed by atoms with Crippen LogP contribution in [0, 0.1) is 19.8 Å². The second kappa shape index (κ2) is 4.67. The molecule has 4 nitrogen and oxygen atoms in total. The Morgan fingerprint density at radius 1 is 1.26 bits per heavy atom. The molecule has 0 aromatic carbocycles. The summed E-state index contributed by atoms with van der Waals surface area (Å²) < 4.78 is 5.49. The third kappa shape index (κ3) is 2.29. The minimum atomic E-state index is 0.140. The summed E-state index contributed by atoms with van der Waals surface area (Å²) in [7, 11) is 2.18. The second-order valence-electron chi connectivity index (χ2n) is 6.07. The van der Waals surface area contributed by atoms with Gasteiger partial charge in [-0.1, -0.05) is 0 Å². The number of aryl methyl sites for hydroxylation is 2. The molecule has 1 aromatic rings. The zero-order valence-corrected chi connectivity index (χ0v) is 12.0. The van der Waals surface area contributed by atoms with Gasteiger partial charge in [0.05, 0.1) is 5.56 Å². The van der Waals surface area contributed by atoms with Crippen LogP contribution >= 0.6 is 0 Å². The maximum atomic E-state index is 12.7. The Labute approximate surface area is 114 Å². The zero-order chi connectivity index (χ0) is 13.6. The highest BCUT2D eigenvalue weighted by Crippen LogP contribution is 2.28. The molecule has 2 bridgehead atoms. The van der Waals surface area contributed by atoms with Crippen molar-refractivity contribution in [1.82, 2.24) is 9.80 Å². The third-order valence-corrected chi connectivity index (χ3v) is 4.55. The summed E-state index contributed by atoms with van der Waals surface area (Å²) in [4.78, 5) is 17.1. The van der Waals surface area contributed by atoms with Crippen LogP contribution < -0.4 is 0 Å². The molecule has 0 N–H and O–H groups in total. The maximum Gasteiger partial charge on any atom is 0.257 e. The molecular weight excluding hydrogens is 240 g/mol. The molecule has 0 radical (unpaired) electrons. The molecule has 4 heterocycles. The van der Waals surface area contributed by atoms with Crippen molar-refractivity contribution in [2.75, 3.05) is 26.7 Å². The highest BCUT2D eigenvalue weighted by atomic mass is 16.3. The van der Waals surface area contributed by atoms with E-state index in [1.54, 1.807) is 0 Å². The predicted molar refractivity (Wildman–Crippen MR) is 73.2 cm³/mol. The molecule has 0 aliphatic carbocycles. The lowest BCUT2D eigenvalue weighted by Gasteiger charge is -2.32. The van der Waals surface area contributed by atoms with Gasteiger partial charge in [0.25, 0.3) is 5.91 Å². The standard InChI is InChI=1S/C15H22N2O2/c1-10-6-14(11(2)19-10)15(18)17-8-12-4-5-13(9-17)16(3)7-12/h6,12-13H,4-5,7-9H2,1-3H3/t12-,13-/m1/s1. The SMILES string of the molecule is Cc1cc(C(=O)N2C[C@@H]3CC[C@H](C2)N(C)C3)c(C)o1. The van der Waals surface area contributed by atoms with Crippen molar-refractivity contribution in [1.29, 1.82) is 0 Å². The van der Waals surface area contributed by atoms with E-state index >= 15 is 0 Å². The molecule has 104 valence electrons. The van der Waals surface area contributed by atoms with Crippen LogP contribution in [-0.2, 0) is 0 Å². The maximum absolute atomic E-state index is 12.7. The minimum absolute atomic E-state index is 0.140. The Morgan fingerprint density at radius 3 is 2.68 bits per heavy atom. The van der Waals surface area contributed by atoms with E-state index < -0.39 is 0 Å². The third-order valence-electron chi connectivity index (χ3n) is 4.55. The summed E-state index contributed by atoms with van der Waals surface area (Å²) in [5, 5.41) is 0. The Balaban J connectivity index is 1.83. The first-order valence-corrected chi connectivity index (χ1v) is 7.11. The van der Waals surface area contributed by atoms with Crippen LogP contribution in [-0.4, -0.2) is 48.4 Å². The number of hydrogen-bond donors (Lipinski definition) is 0. The average molecular weight is 262 g/mol. The Morgan fingerprint density at radius 2 is 2.05 bits per heavy atom. The second-order valence-corrected chi connectivity index (χ2v) is 6.07. The van der Waals surface area contributed by atoms with Crippen molar-refractivity contribution in [2.45, 2.75) is 32.7 Å². The summed E-state index contributed by atoms with van der Waals surface area (Å²) in [6, 6.07) is 2.39. The number of nitrogens with zero attached hydrogens (tertiary/aromatic N) is 2. The molecular formula is C15H22N2O2. The van der Waals surface area contributed by atoms with Crippen molar-refractivity contribution < 1.29 is 9.21 Å². The highest BCUT2D eigenvalue weighted by Gasteiger charge is 2.35. The summed E-state index contributed by atoms with van der Waals surface area (Å²) in [6.07, 6.45) is 2.47. The van der Waals surface area contributed by atoms with Crippen molar-refractivity contribution in [3.8, 4) is 0 Å². The first-order valence-electron chi connectivity index (χ1n) is 7.11. The van der Waals surface area contributed by atoms with Gasteiger partial charge in [0.15, 0.2) is 0 Å². The van der Waals surface area contributed by atoms with Gasteiger partial charge in [-0.05, 0) is 45.7 Å². The number of fused-ring (bicyclic) bond motifs is 4. The van der Waals surface area contributed by atoms with Crippen molar-refractivity contribution in [3.05, 3.63) is 23.2 Å². The van der Waals surface area contributed by atoms with Crippen LogP contribution in [0.1, 0.15) is 34.7 Å². The molecule has 0 spiro atoms. The van der Waals surface area contributed by atoms with Crippen molar-refractivity contribution in [2.24, 2.45) is 5.92 Å². The summed E-state index contributed by atoms with van der Waals surface area (Å²) in [5.41, 5.74) is 0.737. The van der Waals surface area contributed by atoms with Gasteiger partial charge >= 0.3 is 0 Å². The molecule has 0 saturated carbocycles. The van der Waals surface area contributed by atoms with Crippen LogP contribution in [0.15, 0.2) is 10.5 Å². The van der Waals surface area contributed by atoms with Crippen LogP contribution in [0.5, 0.6) is 0 Å². The lowest BCUT2D eigenvalue weighted by Crippen LogP contribution is -2.41. The van der Waals surface area contributed by atoms with Crippen molar-refractivity contribution in [3.63, 3.8) is 0 Å². The van der Waals surface area contributed by atoms with E-state index in [1.165, 1.54) is 12.8 Å². The van der Waals surface area contributed by atoms with Crippen LogP contribution in [0.3, 0.4) is 0 Å². The van der Waals surface area contributed by atoms with E-state index in [2.05, 4.69) is 11.9 Å². The molecule has 4 rings (SSSR count). The zero-order valence-electron chi connectivity index (χ0n) is 12.0. The van der Waals surface area contributed by atoms with E-state index in [1.807, 2.05) is 24.8 Å². The molecule has 0 unspecified atom stereocenters. The normalized spacial score (nSPS) is 27.6. The summed E-state index contributed by atoms with van der Waals surface area (Å²) >= 11 is 0. The van der Waals surface area contributed by atoms with E-state index in [9.17, 15) is 4.79 Å². The van der Waals surface area contributed by atoms with Crippen LogP contribution in [0.4, 0.5) is 0 Å². The smallest absolute Gasteiger partial charge is 0.257 e. The molecule has 4 heteroatoms. The van der Waals surface area contributed by atoms with Gasteiger partial charge < -0.3 is 14.2 Å². The molecule has 19 heavy (non-hydrogen) atoms. The van der Waals surface area contributed by atoms with Gasteiger partial charge in [0.1, 0.15) is 11.5 Å². The Bertz CT molecular complexity index is 494. The van der Waals surface area contributed by atoms with Gasteiger partial charge in [0, 0.05) is 25.7 Å². The molecule has 3 saturated heterocycles. The number of piperidine rings is 1. The summed E-state index contributed by atoms with van der Waals surface area (Å²) in [6.45, 7) is 6.64. The highest BCUT2D eigenvalue weighted by molar-refractivity contribution is 5.95. The largest absolute Gasteiger partial charge is 0.466 e. The number of carbonyl (C=O) groups is 1. The predicted octanol–water partition coefficient (Wildman–Crippen LogP) is 2.06. The van der Waals surface area contributed by atoms with Gasteiger partial charge in [-0.2, -0.15) is 0 Å². The Hall–Kier alpha value is -1.29. The Kier molecular flexibility index (Phi) is 3.13. The fourth-order valence-electron chi connectivity index (χ4n) is 3.50. The topological polar surface area (TPSA) is 36.7 Å². The average Bonchev–Trinajstić information content (AvgIpc) is 2.55. The number of amides is 1. The van der Waals surface area contributed by atoms with Crippen LogP contribution in [0.25, 0.3) is 0 Å². The number of carbonyl (C=O) groups excluding carboxylic acids is 1. The number of furan rings is 1. The van der Waals surface area contributed by atoms with E-state index in [4.69, 9.17) is 4.42 Å². The van der Waals surface area contributed by atoms with E-state index in [0.717, 1.165) is 36.7 Å².